The molecule has 0 saturated carbocycles. The fourth-order valence-electron chi connectivity index (χ4n) is 3.28. The highest BCUT2D eigenvalue weighted by molar-refractivity contribution is 7.17. The van der Waals surface area contributed by atoms with E-state index >= 15 is 0 Å². The van der Waals surface area contributed by atoms with Gasteiger partial charge in [0, 0.05) is 10.4 Å². The molecule has 0 aliphatic carbocycles. The van der Waals surface area contributed by atoms with Crippen LogP contribution in [0.25, 0.3) is 33.7 Å². The number of nitriles is 1. The van der Waals surface area contributed by atoms with Crippen LogP contribution >= 0.6 is 22.7 Å². The Kier molecular flexibility index (Phi) is 5.67. The molecule has 0 atom stereocenters. The van der Waals surface area contributed by atoms with E-state index < -0.39 is 0 Å². The van der Waals surface area contributed by atoms with Gasteiger partial charge in [-0.15, -0.1) is 21.6 Å². The number of thiophene rings is 1. The summed E-state index contributed by atoms with van der Waals surface area (Å²) >= 11 is 2.96. The molecular formula is C26H16N4S2. The Hall–Kier alpha value is -3.92. The zero-order chi connectivity index (χ0) is 21.8. The zero-order valence-electron chi connectivity index (χ0n) is 16.8. The predicted octanol–water partition coefficient (Wildman–Crippen LogP) is 8.50. The zero-order valence-corrected chi connectivity index (χ0v) is 18.5. The van der Waals surface area contributed by atoms with Crippen LogP contribution < -0.4 is 0 Å². The molecule has 152 valence electrons. The summed E-state index contributed by atoms with van der Waals surface area (Å²) < 4.78 is 0. The Morgan fingerprint density at radius 1 is 0.875 bits per heavy atom. The Balaban J connectivity index is 1.63. The SMILES string of the molecule is N#C/C(=C/c1cccs1)c1nc(-c2ccc3ccccc3c2)c(N=Nc2ccccc2)s1. The lowest BCUT2D eigenvalue weighted by Gasteiger charge is -2.02. The largest absolute Gasteiger partial charge is 0.233 e. The summed E-state index contributed by atoms with van der Waals surface area (Å²) in [5.41, 5.74) is 2.95. The molecule has 0 bridgehead atoms. The van der Waals surface area contributed by atoms with E-state index in [2.05, 4.69) is 40.6 Å². The number of azo groups is 1. The van der Waals surface area contributed by atoms with E-state index in [1.165, 1.54) is 11.3 Å². The van der Waals surface area contributed by atoms with Crippen molar-refractivity contribution in [1.29, 1.82) is 5.26 Å². The average molecular weight is 449 g/mol. The quantitative estimate of drug-likeness (QED) is 0.200. The van der Waals surface area contributed by atoms with Crippen LogP contribution in [-0.2, 0) is 0 Å². The summed E-state index contributed by atoms with van der Waals surface area (Å²) in [6.45, 7) is 0. The molecule has 4 nitrogen and oxygen atoms in total. The van der Waals surface area contributed by atoms with Crippen LogP contribution in [0.3, 0.4) is 0 Å². The molecule has 32 heavy (non-hydrogen) atoms. The van der Waals surface area contributed by atoms with E-state index in [1.54, 1.807) is 11.3 Å². The van der Waals surface area contributed by atoms with Gasteiger partial charge >= 0.3 is 0 Å². The number of hydrogen-bond donors (Lipinski definition) is 0. The van der Waals surface area contributed by atoms with Crippen molar-refractivity contribution in [1.82, 2.24) is 4.98 Å². The molecule has 0 aliphatic heterocycles. The molecule has 0 fully saturated rings. The molecule has 0 saturated heterocycles. The molecule has 0 amide bonds. The molecule has 0 unspecified atom stereocenters. The lowest BCUT2D eigenvalue weighted by Crippen LogP contribution is -1.83. The maximum absolute atomic E-state index is 9.80. The average Bonchev–Trinajstić information content (AvgIpc) is 3.51. The number of rotatable bonds is 5. The number of allylic oxidation sites excluding steroid dienone is 1. The van der Waals surface area contributed by atoms with Crippen molar-refractivity contribution in [3.8, 4) is 17.3 Å². The molecule has 0 aliphatic rings. The lowest BCUT2D eigenvalue weighted by molar-refractivity contribution is 1.24. The van der Waals surface area contributed by atoms with Crippen molar-refractivity contribution in [2.24, 2.45) is 10.2 Å². The monoisotopic (exact) mass is 448 g/mol. The standard InChI is InChI=1S/C26H16N4S2/c27-17-21(16-23-11-6-14-31-23)25-28-24(20-13-12-18-7-4-5-8-19(18)15-20)26(32-25)30-29-22-9-2-1-3-10-22/h1-16H/b21-16-,30-29?. The van der Waals surface area contributed by atoms with Crippen molar-refractivity contribution in [2.45, 2.75) is 0 Å². The lowest BCUT2D eigenvalue weighted by atomic mass is 10.1. The van der Waals surface area contributed by atoms with Gasteiger partial charge in [0.1, 0.15) is 16.8 Å². The molecule has 5 rings (SSSR count). The Morgan fingerprint density at radius 3 is 2.47 bits per heavy atom. The van der Waals surface area contributed by atoms with Crippen LogP contribution in [0.15, 0.2) is 101 Å². The number of thiazole rings is 1. The molecule has 6 heteroatoms. The molecule has 2 heterocycles. The van der Waals surface area contributed by atoms with Crippen molar-refractivity contribution >= 4 is 55.8 Å². The topological polar surface area (TPSA) is 61.4 Å². The highest BCUT2D eigenvalue weighted by Crippen LogP contribution is 2.40. The normalized spacial score (nSPS) is 11.8. The van der Waals surface area contributed by atoms with Crippen LogP contribution in [-0.4, -0.2) is 4.98 Å². The smallest absolute Gasteiger partial charge is 0.167 e. The van der Waals surface area contributed by atoms with Gasteiger partial charge < -0.3 is 0 Å². The first-order chi connectivity index (χ1) is 15.8. The molecule has 0 N–H and O–H groups in total. The molecule has 0 spiro atoms. The Bertz CT molecular complexity index is 1470. The minimum atomic E-state index is 0.514. The highest BCUT2D eigenvalue weighted by atomic mass is 32.1. The third-order valence-electron chi connectivity index (χ3n) is 4.83. The minimum Gasteiger partial charge on any atom is -0.233 e. The van der Waals surface area contributed by atoms with E-state index in [0.717, 1.165) is 32.6 Å². The van der Waals surface area contributed by atoms with Gasteiger partial charge in [0.15, 0.2) is 5.00 Å². The number of nitrogens with zero attached hydrogens (tertiary/aromatic N) is 4. The first kappa shape index (κ1) is 20.0. The van der Waals surface area contributed by atoms with Crippen LogP contribution in [0.2, 0.25) is 0 Å². The maximum Gasteiger partial charge on any atom is 0.167 e. The molecular weight excluding hydrogens is 432 g/mol. The van der Waals surface area contributed by atoms with Crippen molar-refractivity contribution in [3.05, 3.63) is 100 Å². The van der Waals surface area contributed by atoms with Gasteiger partial charge in [-0.05, 0) is 46.5 Å². The van der Waals surface area contributed by atoms with E-state index in [-0.39, 0.29) is 0 Å². The van der Waals surface area contributed by atoms with Gasteiger partial charge in [-0.1, -0.05) is 72.0 Å². The van der Waals surface area contributed by atoms with Gasteiger partial charge in [-0.3, -0.25) is 0 Å². The molecule has 3 aromatic carbocycles. The van der Waals surface area contributed by atoms with Crippen molar-refractivity contribution < 1.29 is 0 Å². The predicted molar refractivity (Wildman–Crippen MR) is 133 cm³/mol. The minimum absolute atomic E-state index is 0.514. The van der Waals surface area contributed by atoms with E-state index in [4.69, 9.17) is 4.98 Å². The number of hydrogen-bond acceptors (Lipinski definition) is 6. The van der Waals surface area contributed by atoms with E-state index in [9.17, 15) is 5.26 Å². The van der Waals surface area contributed by atoms with Gasteiger partial charge in [-0.2, -0.15) is 5.26 Å². The second kappa shape index (κ2) is 9.06. The van der Waals surface area contributed by atoms with Crippen LogP contribution in [0.4, 0.5) is 10.7 Å². The Labute approximate surface area is 193 Å². The summed E-state index contributed by atoms with van der Waals surface area (Å²) in [4.78, 5) is 5.84. The first-order valence-electron chi connectivity index (χ1n) is 9.92. The van der Waals surface area contributed by atoms with Crippen LogP contribution in [0, 0.1) is 11.3 Å². The van der Waals surface area contributed by atoms with Crippen LogP contribution in [0.5, 0.6) is 0 Å². The molecule has 2 aromatic heterocycles. The second-order valence-electron chi connectivity index (χ2n) is 6.96. The summed E-state index contributed by atoms with van der Waals surface area (Å²) in [5.74, 6) is 0. The third-order valence-corrected chi connectivity index (χ3v) is 6.62. The summed E-state index contributed by atoms with van der Waals surface area (Å²) in [6.07, 6.45) is 1.87. The molecule has 5 aromatic rings. The molecule has 0 radical (unpaired) electrons. The van der Waals surface area contributed by atoms with Gasteiger partial charge in [-0.25, -0.2) is 4.98 Å². The first-order valence-corrected chi connectivity index (χ1v) is 11.6. The second-order valence-corrected chi connectivity index (χ2v) is 8.91. The van der Waals surface area contributed by atoms with Crippen molar-refractivity contribution in [3.63, 3.8) is 0 Å². The van der Waals surface area contributed by atoms with Gasteiger partial charge in [0.05, 0.1) is 11.3 Å². The maximum atomic E-state index is 9.80. The van der Waals surface area contributed by atoms with Crippen molar-refractivity contribution in [2.75, 3.05) is 0 Å². The summed E-state index contributed by atoms with van der Waals surface area (Å²) in [6, 6.07) is 30.3. The highest BCUT2D eigenvalue weighted by Gasteiger charge is 2.17. The van der Waals surface area contributed by atoms with E-state index in [0.29, 0.717) is 15.6 Å². The van der Waals surface area contributed by atoms with Crippen LogP contribution in [0.1, 0.15) is 9.88 Å². The van der Waals surface area contributed by atoms with E-state index in [1.807, 2.05) is 72.1 Å². The fraction of sp³-hybridized carbons (Fsp3) is 0. The summed E-state index contributed by atoms with van der Waals surface area (Å²) in [7, 11) is 0. The van der Waals surface area contributed by atoms with Gasteiger partial charge in [0.25, 0.3) is 0 Å². The number of fused-ring (bicyclic) bond motifs is 1. The fourth-order valence-corrected chi connectivity index (χ4v) is 4.81. The number of benzene rings is 3. The summed E-state index contributed by atoms with van der Waals surface area (Å²) in [5, 5.41) is 24.3. The Morgan fingerprint density at radius 2 is 1.69 bits per heavy atom. The number of aromatic nitrogens is 1. The third kappa shape index (κ3) is 4.26. The van der Waals surface area contributed by atoms with Gasteiger partial charge in [0.2, 0.25) is 0 Å².